The average Bonchev–Trinajstić information content (AvgIpc) is 3.41. The van der Waals surface area contributed by atoms with E-state index in [0.29, 0.717) is 5.56 Å². The molecule has 0 radical (unpaired) electrons. The number of carbonyl (C=O) groups excluding carboxylic acids is 1. The minimum absolute atomic E-state index is 0.256. The zero-order chi connectivity index (χ0) is 18.5. The molecule has 0 aliphatic carbocycles. The Kier molecular flexibility index (Phi) is 4.66. The Hall–Kier alpha value is -3.86. The fourth-order valence-electron chi connectivity index (χ4n) is 2.93. The van der Waals surface area contributed by atoms with Gasteiger partial charge in [0, 0.05) is 24.3 Å². The van der Waals surface area contributed by atoms with Crippen molar-refractivity contribution in [3.8, 4) is 11.4 Å². The number of rotatable bonds is 5. The molecule has 132 valence electrons. The van der Waals surface area contributed by atoms with Crippen LogP contribution in [0.15, 0.2) is 103 Å². The number of nitrogens with zero attached hydrogens (tertiary/aromatic N) is 3. The van der Waals surface area contributed by atoms with E-state index in [-0.39, 0.29) is 5.91 Å². The fourth-order valence-corrected chi connectivity index (χ4v) is 2.93. The molecule has 2 aromatic heterocycles. The minimum atomic E-state index is -0.256. The monoisotopic (exact) mass is 354 g/mol. The van der Waals surface area contributed by atoms with Crippen molar-refractivity contribution >= 4 is 12.1 Å². The van der Waals surface area contributed by atoms with Crippen molar-refractivity contribution in [1.82, 2.24) is 14.6 Å². The topological polar surface area (TPSA) is 51.3 Å². The van der Waals surface area contributed by atoms with E-state index < -0.39 is 0 Å². The van der Waals surface area contributed by atoms with Gasteiger partial charge in [-0.05, 0) is 48.5 Å². The van der Waals surface area contributed by atoms with Crippen LogP contribution in [-0.4, -0.2) is 21.3 Å². The predicted molar refractivity (Wildman–Crippen MR) is 107 cm³/mol. The number of amides is 1. The predicted octanol–water partition coefficient (Wildman–Crippen LogP) is 4.03. The molecule has 27 heavy (non-hydrogen) atoms. The highest BCUT2D eigenvalue weighted by molar-refractivity contribution is 5.98. The number of para-hydroxylation sites is 2. The van der Waals surface area contributed by atoms with E-state index >= 15 is 0 Å². The summed E-state index contributed by atoms with van der Waals surface area (Å²) in [5.74, 6) is -0.256. The summed E-state index contributed by atoms with van der Waals surface area (Å²) < 4.78 is 3.91. The molecule has 0 aliphatic rings. The van der Waals surface area contributed by atoms with Gasteiger partial charge in [-0.15, -0.1) is 0 Å². The highest BCUT2D eigenvalue weighted by atomic mass is 16.2. The Morgan fingerprint density at radius 3 is 2.37 bits per heavy atom. The highest BCUT2D eigenvalue weighted by Crippen LogP contribution is 2.15. The first-order valence-electron chi connectivity index (χ1n) is 8.61. The van der Waals surface area contributed by atoms with Crippen molar-refractivity contribution in [3.63, 3.8) is 0 Å². The number of hydrazone groups is 1. The zero-order valence-electron chi connectivity index (χ0n) is 14.6. The smallest absolute Gasteiger partial charge is 0.273 e. The summed E-state index contributed by atoms with van der Waals surface area (Å²) in [6, 6.07) is 25.1. The Morgan fingerprint density at radius 1 is 0.815 bits per heavy atom. The molecular weight excluding hydrogens is 336 g/mol. The summed E-state index contributed by atoms with van der Waals surface area (Å²) in [4.78, 5) is 12.6. The van der Waals surface area contributed by atoms with E-state index in [1.54, 1.807) is 12.3 Å². The van der Waals surface area contributed by atoms with Gasteiger partial charge in [0.25, 0.3) is 5.91 Å². The molecular formula is C22H18N4O. The van der Waals surface area contributed by atoms with Crippen molar-refractivity contribution in [2.45, 2.75) is 0 Å². The van der Waals surface area contributed by atoms with Gasteiger partial charge in [0.1, 0.15) is 0 Å². The Bertz CT molecular complexity index is 1060. The van der Waals surface area contributed by atoms with Crippen LogP contribution in [-0.2, 0) is 0 Å². The molecule has 4 rings (SSSR count). The summed E-state index contributed by atoms with van der Waals surface area (Å²) in [5.41, 5.74) is 5.90. The third-order valence-electron chi connectivity index (χ3n) is 4.21. The maximum Gasteiger partial charge on any atom is 0.273 e. The molecule has 2 heterocycles. The second-order valence-electron chi connectivity index (χ2n) is 5.95. The van der Waals surface area contributed by atoms with Crippen LogP contribution >= 0.6 is 0 Å². The van der Waals surface area contributed by atoms with Crippen molar-refractivity contribution < 1.29 is 4.79 Å². The van der Waals surface area contributed by atoms with Crippen LogP contribution < -0.4 is 5.43 Å². The standard InChI is InChI=1S/C22H18N4O/c27-22(20-12-4-5-13-21(20)25-14-6-7-15-25)24-23-17-19-11-8-16-26(19)18-9-2-1-3-10-18/h1-17H,(H,24,27)/b23-17-. The van der Waals surface area contributed by atoms with E-state index in [4.69, 9.17) is 0 Å². The van der Waals surface area contributed by atoms with Crippen molar-refractivity contribution in [1.29, 1.82) is 0 Å². The van der Waals surface area contributed by atoms with Gasteiger partial charge < -0.3 is 9.13 Å². The molecule has 1 amide bonds. The summed E-state index contributed by atoms with van der Waals surface area (Å²) in [6.45, 7) is 0. The first-order chi connectivity index (χ1) is 13.3. The third-order valence-corrected chi connectivity index (χ3v) is 4.21. The summed E-state index contributed by atoms with van der Waals surface area (Å²) in [6.07, 6.45) is 7.41. The van der Waals surface area contributed by atoms with E-state index in [1.807, 2.05) is 101 Å². The third kappa shape index (κ3) is 3.57. The summed E-state index contributed by atoms with van der Waals surface area (Å²) in [7, 11) is 0. The lowest BCUT2D eigenvalue weighted by molar-refractivity contribution is 0.0955. The Balaban J connectivity index is 1.53. The van der Waals surface area contributed by atoms with Crippen LogP contribution in [0.5, 0.6) is 0 Å². The molecule has 0 atom stereocenters. The number of benzene rings is 2. The van der Waals surface area contributed by atoms with Crippen LogP contribution in [0.4, 0.5) is 0 Å². The molecule has 0 spiro atoms. The normalized spacial score (nSPS) is 11.0. The number of hydrogen-bond donors (Lipinski definition) is 1. The Labute approximate surface area is 157 Å². The quantitative estimate of drug-likeness (QED) is 0.427. The lowest BCUT2D eigenvalue weighted by atomic mass is 10.1. The lowest BCUT2D eigenvalue weighted by Gasteiger charge is -2.09. The molecule has 0 saturated heterocycles. The van der Waals surface area contributed by atoms with Crippen molar-refractivity contribution in [3.05, 3.63) is 109 Å². The van der Waals surface area contributed by atoms with E-state index in [9.17, 15) is 4.79 Å². The number of carbonyl (C=O) groups is 1. The number of aromatic nitrogens is 2. The average molecular weight is 354 g/mol. The van der Waals surface area contributed by atoms with Crippen LogP contribution in [0.25, 0.3) is 11.4 Å². The SMILES string of the molecule is O=C(N/N=C\c1cccn1-c1ccccc1)c1ccccc1-n1cccc1. The first-order valence-corrected chi connectivity index (χ1v) is 8.61. The lowest BCUT2D eigenvalue weighted by Crippen LogP contribution is -2.19. The van der Waals surface area contributed by atoms with E-state index in [0.717, 1.165) is 17.1 Å². The summed E-state index contributed by atoms with van der Waals surface area (Å²) in [5, 5.41) is 4.14. The molecule has 2 aromatic carbocycles. The maximum atomic E-state index is 12.6. The highest BCUT2D eigenvalue weighted by Gasteiger charge is 2.11. The zero-order valence-corrected chi connectivity index (χ0v) is 14.6. The largest absolute Gasteiger partial charge is 0.323 e. The van der Waals surface area contributed by atoms with Gasteiger partial charge in [0.2, 0.25) is 0 Å². The van der Waals surface area contributed by atoms with Gasteiger partial charge in [-0.25, -0.2) is 5.43 Å². The number of nitrogens with one attached hydrogen (secondary N) is 1. The molecule has 1 N–H and O–H groups in total. The molecule has 0 saturated carbocycles. The maximum absolute atomic E-state index is 12.6. The van der Waals surface area contributed by atoms with Crippen molar-refractivity contribution in [2.75, 3.05) is 0 Å². The van der Waals surface area contributed by atoms with Crippen molar-refractivity contribution in [2.24, 2.45) is 5.10 Å². The fraction of sp³-hybridized carbons (Fsp3) is 0. The molecule has 0 unspecified atom stereocenters. The first kappa shape index (κ1) is 16.6. The van der Waals surface area contributed by atoms with Crippen LogP contribution in [0.2, 0.25) is 0 Å². The van der Waals surface area contributed by atoms with Gasteiger partial charge in [0.05, 0.1) is 23.2 Å². The Morgan fingerprint density at radius 2 is 1.56 bits per heavy atom. The molecule has 0 aliphatic heterocycles. The minimum Gasteiger partial charge on any atom is -0.323 e. The van der Waals surface area contributed by atoms with E-state index in [1.165, 1.54) is 0 Å². The molecule has 4 aromatic rings. The van der Waals surface area contributed by atoms with Gasteiger partial charge >= 0.3 is 0 Å². The molecule has 0 fully saturated rings. The van der Waals surface area contributed by atoms with Gasteiger partial charge in [-0.2, -0.15) is 5.10 Å². The van der Waals surface area contributed by atoms with Crippen LogP contribution in [0, 0.1) is 0 Å². The second kappa shape index (κ2) is 7.58. The second-order valence-corrected chi connectivity index (χ2v) is 5.95. The van der Waals surface area contributed by atoms with Crippen LogP contribution in [0.1, 0.15) is 16.1 Å². The van der Waals surface area contributed by atoms with Gasteiger partial charge in [-0.1, -0.05) is 30.3 Å². The molecule has 5 heteroatoms. The van der Waals surface area contributed by atoms with E-state index in [2.05, 4.69) is 10.5 Å². The van der Waals surface area contributed by atoms with Gasteiger partial charge in [0.15, 0.2) is 0 Å². The summed E-state index contributed by atoms with van der Waals surface area (Å²) >= 11 is 0. The molecule has 0 bridgehead atoms. The number of hydrogen-bond acceptors (Lipinski definition) is 2. The molecule has 5 nitrogen and oxygen atoms in total. The van der Waals surface area contributed by atoms with Gasteiger partial charge in [-0.3, -0.25) is 4.79 Å². The van der Waals surface area contributed by atoms with Crippen LogP contribution in [0.3, 0.4) is 0 Å².